The van der Waals surface area contributed by atoms with E-state index in [1.807, 2.05) is 7.05 Å². The average molecular weight is 504 g/mol. The van der Waals surface area contributed by atoms with Crippen molar-refractivity contribution in [2.75, 3.05) is 54.6 Å². The topological polar surface area (TPSA) is 49.3 Å². The summed E-state index contributed by atoms with van der Waals surface area (Å²) < 4.78 is 11.0. The van der Waals surface area contributed by atoms with Crippen LogP contribution >= 0.6 is 24.0 Å². The van der Waals surface area contributed by atoms with Crippen molar-refractivity contribution in [1.82, 2.24) is 15.1 Å². The van der Waals surface area contributed by atoms with E-state index in [1.165, 1.54) is 11.1 Å². The van der Waals surface area contributed by atoms with Crippen LogP contribution in [0.3, 0.4) is 0 Å². The molecule has 1 fully saturated rings. The molecule has 1 N–H and O–H groups in total. The number of ether oxygens (including phenoxy) is 2. The van der Waals surface area contributed by atoms with Gasteiger partial charge in [-0.25, -0.2) is 0 Å². The van der Waals surface area contributed by atoms with Gasteiger partial charge in [-0.05, 0) is 44.5 Å². The van der Waals surface area contributed by atoms with Crippen LogP contribution in [0.2, 0.25) is 0 Å². The van der Waals surface area contributed by atoms with Crippen molar-refractivity contribution in [2.24, 2.45) is 4.99 Å². The first-order valence-electron chi connectivity index (χ1n) is 9.91. The molecule has 0 atom stereocenters. The number of rotatable bonds is 9. The maximum atomic E-state index is 5.96. The van der Waals surface area contributed by atoms with Gasteiger partial charge in [0.05, 0.1) is 6.10 Å². The summed E-state index contributed by atoms with van der Waals surface area (Å²) in [5.41, 5.74) is 2.68. The van der Waals surface area contributed by atoms with E-state index >= 15 is 0 Å². The third kappa shape index (κ3) is 8.63. The van der Waals surface area contributed by atoms with E-state index in [0.717, 1.165) is 64.6 Å². The largest absolute Gasteiger partial charge is 0.385 e. The average Bonchev–Trinajstić information content (AvgIpc) is 2.67. The number of guanidine groups is 1. The zero-order valence-electron chi connectivity index (χ0n) is 17.8. The molecule has 1 aromatic rings. The van der Waals surface area contributed by atoms with Crippen LogP contribution in [0, 0.1) is 0 Å². The molecule has 0 bridgehead atoms. The zero-order chi connectivity index (χ0) is 19.5. The second-order valence-electron chi connectivity index (χ2n) is 7.31. The number of aliphatic imine (C=N–C) groups is 1. The molecule has 0 unspecified atom stereocenters. The van der Waals surface area contributed by atoms with Gasteiger partial charge in [0, 0.05) is 53.6 Å². The number of nitrogens with zero attached hydrogens (tertiary/aromatic N) is 3. The van der Waals surface area contributed by atoms with Crippen LogP contribution in [0.25, 0.3) is 0 Å². The van der Waals surface area contributed by atoms with E-state index in [9.17, 15) is 0 Å². The van der Waals surface area contributed by atoms with Gasteiger partial charge in [-0.1, -0.05) is 24.3 Å². The first-order valence-corrected chi connectivity index (χ1v) is 9.91. The Morgan fingerprint density at radius 1 is 1.18 bits per heavy atom. The van der Waals surface area contributed by atoms with E-state index in [1.54, 1.807) is 7.11 Å². The second kappa shape index (κ2) is 14.1. The molecule has 1 aliphatic heterocycles. The second-order valence-corrected chi connectivity index (χ2v) is 7.31. The smallest absolute Gasteiger partial charge is 0.193 e. The third-order valence-electron chi connectivity index (χ3n) is 4.84. The number of benzene rings is 1. The van der Waals surface area contributed by atoms with Crippen molar-refractivity contribution in [3.05, 3.63) is 35.4 Å². The summed E-state index contributed by atoms with van der Waals surface area (Å²) in [5, 5.41) is 3.54. The lowest BCUT2D eigenvalue weighted by Crippen LogP contribution is -2.46. The van der Waals surface area contributed by atoms with Crippen molar-refractivity contribution in [3.8, 4) is 0 Å². The first kappa shape index (κ1) is 25.1. The van der Waals surface area contributed by atoms with Gasteiger partial charge in [0.15, 0.2) is 5.96 Å². The van der Waals surface area contributed by atoms with Gasteiger partial charge in [0.25, 0.3) is 0 Å². The van der Waals surface area contributed by atoms with Crippen LogP contribution in [0.5, 0.6) is 0 Å². The molecule has 0 amide bonds. The lowest BCUT2D eigenvalue weighted by atomic mass is 10.1. The van der Waals surface area contributed by atoms with Crippen LogP contribution in [0.1, 0.15) is 30.4 Å². The predicted molar refractivity (Wildman–Crippen MR) is 126 cm³/mol. The Labute approximate surface area is 187 Å². The summed E-state index contributed by atoms with van der Waals surface area (Å²) in [7, 11) is 7.80. The van der Waals surface area contributed by atoms with Crippen molar-refractivity contribution in [1.29, 1.82) is 0 Å². The van der Waals surface area contributed by atoms with E-state index in [-0.39, 0.29) is 24.0 Å². The number of hydrogen-bond donors (Lipinski definition) is 1. The number of likely N-dealkylation sites (tertiary alicyclic amines) is 1. The van der Waals surface area contributed by atoms with Crippen molar-refractivity contribution >= 4 is 29.9 Å². The molecule has 1 aliphatic rings. The Balaban J connectivity index is 0.00000392. The zero-order valence-corrected chi connectivity index (χ0v) is 20.1. The fourth-order valence-corrected chi connectivity index (χ4v) is 3.42. The number of methoxy groups -OCH3 is 1. The predicted octanol–water partition coefficient (Wildman–Crippen LogP) is 2.96. The molecule has 1 saturated heterocycles. The van der Waals surface area contributed by atoms with Gasteiger partial charge in [0.2, 0.25) is 0 Å². The number of halogens is 1. The highest BCUT2D eigenvalue weighted by Gasteiger charge is 2.21. The lowest BCUT2D eigenvalue weighted by molar-refractivity contribution is 0.00989. The monoisotopic (exact) mass is 504 g/mol. The quantitative estimate of drug-likeness (QED) is 0.243. The molecule has 0 radical (unpaired) electrons. The standard InChI is InChI=1S/C21H36N4O2.HI/c1-22-21(23-16-18-8-5-6-9-19(18)17-24(2)3)25-12-10-20(11-13-25)27-15-7-14-26-4;/h5-6,8-9,20H,7,10-17H2,1-4H3,(H,22,23);1H. The van der Waals surface area contributed by atoms with E-state index in [4.69, 9.17) is 9.47 Å². The Bertz CT molecular complexity index is 575. The third-order valence-corrected chi connectivity index (χ3v) is 4.84. The van der Waals surface area contributed by atoms with Crippen LogP contribution in [0.15, 0.2) is 29.3 Å². The molecule has 0 saturated carbocycles. The van der Waals surface area contributed by atoms with Gasteiger partial charge < -0.3 is 24.6 Å². The van der Waals surface area contributed by atoms with Gasteiger partial charge in [-0.3, -0.25) is 4.99 Å². The summed E-state index contributed by atoms with van der Waals surface area (Å²) in [4.78, 5) is 9.03. The fourth-order valence-electron chi connectivity index (χ4n) is 3.42. The van der Waals surface area contributed by atoms with Crippen LogP contribution < -0.4 is 5.32 Å². The summed E-state index contributed by atoms with van der Waals surface area (Å²) in [6.07, 6.45) is 3.42. The molecule has 1 heterocycles. The van der Waals surface area contributed by atoms with E-state index in [0.29, 0.717) is 6.10 Å². The minimum Gasteiger partial charge on any atom is -0.385 e. The lowest BCUT2D eigenvalue weighted by Gasteiger charge is -2.34. The molecule has 160 valence electrons. The minimum atomic E-state index is 0. The Kier molecular flexibility index (Phi) is 12.7. The molecule has 1 aromatic carbocycles. The molecule has 6 nitrogen and oxygen atoms in total. The van der Waals surface area contributed by atoms with Gasteiger partial charge >= 0.3 is 0 Å². The number of nitrogens with one attached hydrogen (secondary N) is 1. The summed E-state index contributed by atoms with van der Waals surface area (Å²) >= 11 is 0. The summed E-state index contributed by atoms with van der Waals surface area (Å²) in [6.45, 7) is 5.26. The highest BCUT2D eigenvalue weighted by molar-refractivity contribution is 14.0. The normalized spacial score (nSPS) is 15.6. The van der Waals surface area contributed by atoms with Gasteiger partial charge in [0.1, 0.15) is 0 Å². The Morgan fingerprint density at radius 2 is 1.86 bits per heavy atom. The van der Waals surface area contributed by atoms with Crippen LogP contribution in [0.4, 0.5) is 0 Å². The molecule has 0 spiro atoms. The number of hydrogen-bond acceptors (Lipinski definition) is 4. The first-order chi connectivity index (χ1) is 13.1. The maximum Gasteiger partial charge on any atom is 0.193 e. The molecule has 0 aromatic heterocycles. The van der Waals surface area contributed by atoms with Crippen molar-refractivity contribution in [2.45, 2.75) is 38.5 Å². The van der Waals surface area contributed by atoms with Crippen LogP contribution in [-0.4, -0.2) is 76.4 Å². The molecule has 28 heavy (non-hydrogen) atoms. The highest BCUT2D eigenvalue weighted by Crippen LogP contribution is 2.15. The Morgan fingerprint density at radius 3 is 2.46 bits per heavy atom. The maximum absolute atomic E-state index is 5.96. The van der Waals surface area contributed by atoms with Crippen molar-refractivity contribution in [3.63, 3.8) is 0 Å². The molecule has 7 heteroatoms. The van der Waals surface area contributed by atoms with Gasteiger partial charge in [-0.2, -0.15) is 0 Å². The van der Waals surface area contributed by atoms with Crippen LogP contribution in [-0.2, 0) is 22.6 Å². The van der Waals surface area contributed by atoms with E-state index < -0.39 is 0 Å². The Hall–Kier alpha value is -0.900. The highest BCUT2D eigenvalue weighted by atomic mass is 127. The van der Waals surface area contributed by atoms with Gasteiger partial charge in [-0.15, -0.1) is 24.0 Å². The summed E-state index contributed by atoms with van der Waals surface area (Å²) in [6, 6.07) is 8.60. The molecule has 2 rings (SSSR count). The van der Waals surface area contributed by atoms with Crippen molar-refractivity contribution < 1.29 is 9.47 Å². The summed E-state index contributed by atoms with van der Waals surface area (Å²) in [5.74, 6) is 0.979. The van der Waals surface area contributed by atoms with E-state index in [2.05, 4.69) is 58.5 Å². The molecular formula is C21H37IN4O2. The minimum absolute atomic E-state index is 0. The molecular weight excluding hydrogens is 467 g/mol. The number of piperidine rings is 1. The fraction of sp³-hybridized carbons (Fsp3) is 0.667. The molecule has 0 aliphatic carbocycles. The SMILES string of the molecule is CN=C(NCc1ccccc1CN(C)C)N1CCC(OCCCOC)CC1.I.